The van der Waals surface area contributed by atoms with Crippen molar-refractivity contribution in [3.05, 3.63) is 45.5 Å². The van der Waals surface area contributed by atoms with Crippen molar-refractivity contribution >= 4 is 54.0 Å². The Morgan fingerprint density at radius 1 is 0.685 bits per heavy atom. The Labute approximate surface area is 317 Å². The fraction of sp³-hybridized carbons (Fsp3) is 0.667. The van der Waals surface area contributed by atoms with E-state index >= 15 is 0 Å². The van der Waals surface area contributed by atoms with E-state index in [-0.39, 0.29) is 12.1 Å². The number of nitrogens with zero attached hydrogens (tertiary/aromatic N) is 4. The number of oxazole rings is 2. The van der Waals surface area contributed by atoms with Gasteiger partial charge in [-0.05, 0) is 117 Å². The lowest BCUT2D eigenvalue weighted by atomic mass is 9.86. The molecular formula is C36H56N8O8S2. The van der Waals surface area contributed by atoms with Gasteiger partial charge >= 0.3 is 11.5 Å². The average Bonchev–Trinajstić information content (AvgIpc) is 3.54. The van der Waals surface area contributed by atoms with Gasteiger partial charge in [0.25, 0.3) is 5.71 Å². The molecule has 300 valence electrons. The lowest BCUT2D eigenvalue weighted by Gasteiger charge is -2.30. The predicted octanol–water partition coefficient (Wildman–Crippen LogP) is 4.43. The Bertz CT molecular complexity index is 2090. The Morgan fingerprint density at radius 2 is 1.15 bits per heavy atom. The summed E-state index contributed by atoms with van der Waals surface area (Å²) < 4.78 is 65.8. The highest BCUT2D eigenvalue weighted by Crippen LogP contribution is 2.29. The smallest absolute Gasteiger partial charge is 0.408 e. The number of pyridine rings is 2. The van der Waals surface area contributed by atoms with Crippen molar-refractivity contribution in [2.45, 2.75) is 114 Å². The number of hydrogen-bond acceptors (Lipinski definition) is 12. The van der Waals surface area contributed by atoms with Crippen molar-refractivity contribution in [2.75, 3.05) is 23.7 Å². The molecule has 0 amide bonds. The number of anilines is 2. The first-order valence-electron chi connectivity index (χ1n) is 18.6. The first kappa shape index (κ1) is 41.4. The summed E-state index contributed by atoms with van der Waals surface area (Å²) in [6, 6.07) is 5.98. The van der Waals surface area contributed by atoms with E-state index in [1.54, 1.807) is 67.9 Å². The zero-order valence-electron chi connectivity index (χ0n) is 32.6. The first-order chi connectivity index (χ1) is 25.1. The normalized spacial score (nSPS) is 21.5. The van der Waals surface area contributed by atoms with Gasteiger partial charge in [-0.3, -0.25) is 9.13 Å². The number of nitrogens with one attached hydrogen (secondary N) is 4. The molecule has 4 aromatic rings. The number of fused-ring (bicyclic) bond motifs is 2. The molecule has 6 rings (SSSR count). The third-order valence-electron chi connectivity index (χ3n) is 10.5. The summed E-state index contributed by atoms with van der Waals surface area (Å²) in [6.45, 7) is 11.2. The molecule has 0 unspecified atom stereocenters. The molecule has 4 heterocycles. The molecule has 4 N–H and O–H groups in total. The molecule has 0 bridgehead atoms. The number of rotatable bonds is 10. The maximum absolute atomic E-state index is 12.2. The third kappa shape index (κ3) is 9.92. The van der Waals surface area contributed by atoms with E-state index in [0.717, 1.165) is 51.4 Å². The number of hydrogen-bond donors (Lipinski definition) is 4. The van der Waals surface area contributed by atoms with E-state index in [4.69, 9.17) is 8.83 Å². The van der Waals surface area contributed by atoms with Crippen molar-refractivity contribution in [1.29, 1.82) is 0 Å². The van der Waals surface area contributed by atoms with Gasteiger partial charge in [0.15, 0.2) is 5.58 Å². The van der Waals surface area contributed by atoms with E-state index in [0.29, 0.717) is 58.9 Å². The van der Waals surface area contributed by atoms with Crippen LogP contribution >= 0.6 is 0 Å². The topological polar surface area (TPSA) is 212 Å². The molecule has 4 aromatic heterocycles. The van der Waals surface area contributed by atoms with Crippen LogP contribution in [0.5, 0.6) is 0 Å². The molecule has 0 radical (unpaired) electrons. The van der Waals surface area contributed by atoms with Crippen LogP contribution in [0.3, 0.4) is 0 Å². The molecule has 2 aliphatic rings. The van der Waals surface area contributed by atoms with Crippen molar-refractivity contribution in [1.82, 2.24) is 28.5 Å². The Hall–Kier alpha value is -3.74. The summed E-state index contributed by atoms with van der Waals surface area (Å²) in [5.74, 6) is 1.25. The van der Waals surface area contributed by atoms with E-state index in [1.165, 1.54) is 9.13 Å². The molecule has 54 heavy (non-hydrogen) atoms. The van der Waals surface area contributed by atoms with Gasteiger partial charge in [0.1, 0.15) is 22.7 Å². The second-order valence-electron chi connectivity index (χ2n) is 16.6. The second kappa shape index (κ2) is 16.2. The highest BCUT2D eigenvalue weighted by molar-refractivity contribution is 7.91. The Balaban J connectivity index is 0.000000208. The van der Waals surface area contributed by atoms with Crippen LogP contribution in [0.15, 0.2) is 42.8 Å². The molecule has 2 fully saturated rings. The van der Waals surface area contributed by atoms with Crippen LogP contribution < -0.4 is 31.6 Å². The molecule has 0 atom stereocenters. The molecule has 2 saturated carbocycles. The van der Waals surface area contributed by atoms with Gasteiger partial charge in [0.05, 0.1) is 15.7 Å². The first-order valence-corrected chi connectivity index (χ1v) is 21.5. The van der Waals surface area contributed by atoms with Crippen LogP contribution in [-0.2, 0) is 34.1 Å². The lowest BCUT2D eigenvalue weighted by molar-refractivity contribution is 0.336. The highest BCUT2D eigenvalue weighted by Gasteiger charge is 2.32. The zero-order chi connectivity index (χ0) is 39.6. The van der Waals surface area contributed by atoms with E-state index in [1.807, 2.05) is 12.1 Å². The summed E-state index contributed by atoms with van der Waals surface area (Å²) in [5, 5.41) is 6.80. The number of sulfonamides is 2. The van der Waals surface area contributed by atoms with Crippen molar-refractivity contribution in [3.63, 3.8) is 0 Å². The van der Waals surface area contributed by atoms with Gasteiger partial charge in [-0.1, -0.05) is 0 Å². The Kier molecular flexibility index (Phi) is 12.4. The summed E-state index contributed by atoms with van der Waals surface area (Å²) in [7, 11) is -3.29. The lowest BCUT2D eigenvalue weighted by Crippen LogP contribution is -2.42. The monoisotopic (exact) mass is 792 g/mol. The van der Waals surface area contributed by atoms with Gasteiger partial charge in [-0.25, -0.2) is 40.9 Å². The molecule has 2 aliphatic carbocycles. The van der Waals surface area contributed by atoms with E-state index in [9.17, 15) is 26.4 Å². The summed E-state index contributed by atoms with van der Waals surface area (Å²) in [4.78, 5) is 31.9. The van der Waals surface area contributed by atoms with Crippen LogP contribution in [0.25, 0.3) is 22.3 Å². The van der Waals surface area contributed by atoms with Crippen molar-refractivity contribution in [2.24, 2.45) is 25.9 Å². The summed E-state index contributed by atoms with van der Waals surface area (Å²) in [6.07, 6.45) is 9.22. The van der Waals surface area contributed by atoms with E-state index in [2.05, 4.69) is 30.0 Å². The zero-order valence-corrected chi connectivity index (χ0v) is 34.2. The van der Waals surface area contributed by atoms with Gasteiger partial charge in [-0.15, -0.1) is 0 Å². The largest absolute Gasteiger partial charge is 0.421 e. The SMILES string of the molecule is Cn1c(=O)oc2cc(NC3CCC(CNS(=O)(=O)C(C)(C)C)CC3)ncc21.Cn1c(=O)oc2nc(NC3CCC(CNS(=O)(=O)C(C)(C)C)CC3)ccc21. The number of aromatic nitrogens is 4. The molecule has 0 saturated heterocycles. The van der Waals surface area contributed by atoms with Gasteiger partial charge < -0.3 is 19.5 Å². The van der Waals surface area contributed by atoms with Gasteiger partial charge in [0.2, 0.25) is 20.0 Å². The second-order valence-corrected chi connectivity index (χ2v) is 21.6. The maximum atomic E-state index is 12.2. The predicted molar refractivity (Wildman–Crippen MR) is 211 cm³/mol. The van der Waals surface area contributed by atoms with Crippen LogP contribution in [-0.4, -0.2) is 70.6 Å². The van der Waals surface area contributed by atoms with Crippen molar-refractivity contribution in [3.8, 4) is 0 Å². The molecule has 0 aromatic carbocycles. The minimum Gasteiger partial charge on any atom is -0.408 e. The molecular weight excluding hydrogens is 737 g/mol. The minimum atomic E-state index is -3.30. The summed E-state index contributed by atoms with van der Waals surface area (Å²) in [5.41, 5.74) is 2.18. The highest BCUT2D eigenvalue weighted by atomic mass is 32.2. The molecule has 16 nitrogen and oxygen atoms in total. The van der Waals surface area contributed by atoms with Gasteiger partial charge in [0, 0.05) is 45.3 Å². The molecule has 18 heteroatoms. The Morgan fingerprint density at radius 3 is 1.65 bits per heavy atom. The third-order valence-corrected chi connectivity index (χ3v) is 14.8. The number of aryl methyl sites for hydroxylation is 2. The van der Waals surface area contributed by atoms with Crippen LogP contribution in [0.2, 0.25) is 0 Å². The van der Waals surface area contributed by atoms with E-state index < -0.39 is 41.1 Å². The fourth-order valence-corrected chi connectivity index (χ4v) is 8.30. The van der Waals surface area contributed by atoms with Crippen LogP contribution in [0.4, 0.5) is 11.6 Å². The average molecular weight is 793 g/mol. The standard InChI is InChI=1S/2C18H28N4O4S/c1-18(2,3)27(24,25)20-10-12-5-7-13(8-6-12)21-16-9-15-14(11-19-16)22(4)17(23)26-15;1-18(2,3)27(24,25)19-11-12-5-7-13(8-6-12)20-15-10-9-14-16(21-15)26-17(23)22(14)4/h9,11-13,20H,5-8,10H2,1-4H3,(H,19,21);9-10,12-13,19H,5-8,11H2,1-4H3,(H,20,21). The molecule has 0 spiro atoms. The van der Waals surface area contributed by atoms with Crippen molar-refractivity contribution < 1.29 is 25.7 Å². The van der Waals surface area contributed by atoms with Gasteiger partial charge in [-0.2, -0.15) is 4.98 Å². The quantitative estimate of drug-likeness (QED) is 0.176. The maximum Gasteiger partial charge on any atom is 0.421 e. The minimum absolute atomic E-state index is 0.279. The van der Waals surface area contributed by atoms with Crippen LogP contribution in [0, 0.1) is 11.8 Å². The van der Waals surface area contributed by atoms with Crippen LogP contribution in [0.1, 0.15) is 92.9 Å². The molecule has 0 aliphatic heterocycles. The summed E-state index contributed by atoms with van der Waals surface area (Å²) >= 11 is 0. The fourth-order valence-electron chi connectivity index (χ4n) is 6.52.